The SMILES string of the molecule is CNC(=O)CCC1(O)CCCN(C(=O)CCCn2cccn2)C1. The Balaban J connectivity index is 1.77. The topological polar surface area (TPSA) is 87.5 Å². The zero-order valence-electron chi connectivity index (χ0n) is 13.7. The number of likely N-dealkylation sites (tertiary alicyclic amines) is 1. The molecule has 0 bridgehead atoms. The molecule has 0 radical (unpaired) electrons. The van der Waals surface area contributed by atoms with Gasteiger partial charge >= 0.3 is 0 Å². The molecule has 23 heavy (non-hydrogen) atoms. The van der Waals surface area contributed by atoms with E-state index in [0.29, 0.717) is 38.9 Å². The second-order valence-electron chi connectivity index (χ2n) is 6.19. The second kappa shape index (κ2) is 8.10. The summed E-state index contributed by atoms with van der Waals surface area (Å²) in [4.78, 5) is 25.4. The molecular formula is C16H26N4O3. The van der Waals surface area contributed by atoms with Gasteiger partial charge in [0.1, 0.15) is 0 Å². The van der Waals surface area contributed by atoms with E-state index in [4.69, 9.17) is 0 Å². The highest BCUT2D eigenvalue weighted by Crippen LogP contribution is 2.26. The van der Waals surface area contributed by atoms with Gasteiger partial charge in [-0.25, -0.2) is 0 Å². The van der Waals surface area contributed by atoms with Crippen LogP contribution in [0.15, 0.2) is 18.5 Å². The second-order valence-corrected chi connectivity index (χ2v) is 6.19. The van der Waals surface area contributed by atoms with Crippen LogP contribution in [0, 0.1) is 0 Å². The number of nitrogens with one attached hydrogen (secondary N) is 1. The van der Waals surface area contributed by atoms with E-state index in [0.717, 1.165) is 12.8 Å². The number of aromatic nitrogens is 2. The van der Waals surface area contributed by atoms with Gasteiger partial charge in [0.25, 0.3) is 0 Å². The van der Waals surface area contributed by atoms with Crippen LogP contribution in [-0.2, 0) is 16.1 Å². The molecule has 0 spiro atoms. The van der Waals surface area contributed by atoms with Gasteiger partial charge in [0.05, 0.1) is 5.60 Å². The van der Waals surface area contributed by atoms with Crippen molar-refractivity contribution in [1.82, 2.24) is 20.0 Å². The van der Waals surface area contributed by atoms with Crippen LogP contribution in [0.5, 0.6) is 0 Å². The summed E-state index contributed by atoms with van der Waals surface area (Å²) in [5.74, 6) is -0.0173. The molecule has 1 aromatic heterocycles. The van der Waals surface area contributed by atoms with E-state index >= 15 is 0 Å². The first-order valence-electron chi connectivity index (χ1n) is 8.20. The van der Waals surface area contributed by atoms with Crippen LogP contribution in [0.25, 0.3) is 0 Å². The molecule has 1 unspecified atom stereocenters. The van der Waals surface area contributed by atoms with E-state index in [-0.39, 0.29) is 18.2 Å². The number of amides is 2. The highest BCUT2D eigenvalue weighted by Gasteiger charge is 2.35. The van der Waals surface area contributed by atoms with E-state index < -0.39 is 5.60 Å². The average molecular weight is 322 g/mol. The van der Waals surface area contributed by atoms with Crippen molar-refractivity contribution in [2.45, 2.75) is 50.7 Å². The zero-order valence-corrected chi connectivity index (χ0v) is 13.7. The standard InChI is InChI=1S/C16H26N4O3/c1-17-14(21)6-8-16(23)7-3-10-19(13-16)15(22)5-2-11-20-12-4-9-18-20/h4,9,12,23H,2-3,5-8,10-11,13H2,1H3,(H,17,21). The molecule has 1 saturated heterocycles. The number of β-amino-alcohol motifs (C(OH)–C–C–N with tert-alkyl or cyclic N) is 1. The molecule has 1 fully saturated rings. The first kappa shape index (κ1) is 17.5. The van der Waals surface area contributed by atoms with Gasteiger partial charge in [-0.1, -0.05) is 0 Å². The normalized spacial score (nSPS) is 21.2. The fourth-order valence-electron chi connectivity index (χ4n) is 2.98. The molecule has 2 heterocycles. The average Bonchev–Trinajstić information content (AvgIpc) is 3.06. The minimum atomic E-state index is -0.942. The van der Waals surface area contributed by atoms with Crippen LogP contribution in [0.3, 0.4) is 0 Å². The first-order chi connectivity index (χ1) is 11.0. The Morgan fingerprint density at radius 3 is 2.91 bits per heavy atom. The smallest absolute Gasteiger partial charge is 0.222 e. The van der Waals surface area contributed by atoms with Crippen LogP contribution >= 0.6 is 0 Å². The Labute approximate surface area is 136 Å². The first-order valence-corrected chi connectivity index (χ1v) is 8.20. The van der Waals surface area contributed by atoms with Crippen LogP contribution in [-0.4, -0.2) is 57.3 Å². The molecule has 2 rings (SSSR count). The number of hydrogen-bond acceptors (Lipinski definition) is 4. The van der Waals surface area contributed by atoms with Crippen LogP contribution < -0.4 is 5.32 Å². The summed E-state index contributed by atoms with van der Waals surface area (Å²) >= 11 is 0. The van der Waals surface area contributed by atoms with Gasteiger partial charge in [0, 0.05) is 51.9 Å². The highest BCUT2D eigenvalue weighted by atomic mass is 16.3. The molecule has 0 aromatic carbocycles. The van der Waals surface area contributed by atoms with Crippen LogP contribution in [0.1, 0.15) is 38.5 Å². The number of aliphatic hydroxyl groups is 1. The third-order valence-electron chi connectivity index (χ3n) is 4.34. The van der Waals surface area contributed by atoms with Crippen molar-refractivity contribution in [2.24, 2.45) is 0 Å². The largest absolute Gasteiger partial charge is 0.388 e. The molecule has 1 aromatic rings. The summed E-state index contributed by atoms with van der Waals surface area (Å²) in [6, 6.07) is 1.86. The Morgan fingerprint density at radius 2 is 2.22 bits per heavy atom. The van der Waals surface area contributed by atoms with Gasteiger partial charge < -0.3 is 15.3 Å². The number of aryl methyl sites for hydroxylation is 1. The summed E-state index contributed by atoms with van der Waals surface area (Å²) in [7, 11) is 1.59. The maximum atomic E-state index is 12.3. The van der Waals surface area contributed by atoms with E-state index in [1.807, 2.05) is 16.9 Å². The third kappa shape index (κ3) is 5.35. The number of nitrogens with zero attached hydrogens (tertiary/aromatic N) is 3. The summed E-state index contributed by atoms with van der Waals surface area (Å²) in [6.45, 7) is 1.72. The van der Waals surface area contributed by atoms with Crippen molar-refractivity contribution in [2.75, 3.05) is 20.1 Å². The molecule has 1 aliphatic heterocycles. The van der Waals surface area contributed by atoms with Gasteiger partial charge in [-0.2, -0.15) is 5.10 Å². The maximum absolute atomic E-state index is 12.3. The molecule has 7 heteroatoms. The van der Waals surface area contributed by atoms with Crippen molar-refractivity contribution in [3.05, 3.63) is 18.5 Å². The van der Waals surface area contributed by atoms with Crippen molar-refractivity contribution in [1.29, 1.82) is 0 Å². The van der Waals surface area contributed by atoms with Gasteiger partial charge in [-0.05, 0) is 31.7 Å². The Kier molecular flexibility index (Phi) is 6.15. The van der Waals surface area contributed by atoms with E-state index in [2.05, 4.69) is 10.4 Å². The van der Waals surface area contributed by atoms with Crippen molar-refractivity contribution in [3.8, 4) is 0 Å². The molecule has 1 atom stereocenters. The summed E-state index contributed by atoms with van der Waals surface area (Å²) in [5, 5.41) is 17.3. The predicted molar refractivity (Wildman–Crippen MR) is 85.5 cm³/mol. The van der Waals surface area contributed by atoms with Crippen LogP contribution in [0.4, 0.5) is 0 Å². The lowest BCUT2D eigenvalue weighted by Crippen LogP contribution is -2.50. The Hall–Kier alpha value is -1.89. The quantitative estimate of drug-likeness (QED) is 0.767. The molecule has 7 nitrogen and oxygen atoms in total. The van der Waals surface area contributed by atoms with Crippen molar-refractivity contribution < 1.29 is 14.7 Å². The van der Waals surface area contributed by atoms with Gasteiger partial charge in [0.2, 0.25) is 11.8 Å². The minimum absolute atomic E-state index is 0.0650. The fraction of sp³-hybridized carbons (Fsp3) is 0.688. The number of piperidine rings is 1. The fourth-order valence-corrected chi connectivity index (χ4v) is 2.98. The zero-order chi connectivity index (χ0) is 16.7. The summed E-state index contributed by atoms with van der Waals surface area (Å²) < 4.78 is 1.81. The molecule has 2 N–H and O–H groups in total. The number of carbonyl (C=O) groups excluding carboxylic acids is 2. The lowest BCUT2D eigenvalue weighted by molar-refractivity contribution is -0.139. The third-order valence-corrected chi connectivity index (χ3v) is 4.34. The summed E-state index contributed by atoms with van der Waals surface area (Å²) in [6.07, 6.45) is 6.87. The molecule has 2 amide bonds. The number of hydrogen-bond donors (Lipinski definition) is 2. The molecule has 0 saturated carbocycles. The lowest BCUT2D eigenvalue weighted by Gasteiger charge is -2.39. The lowest BCUT2D eigenvalue weighted by atomic mass is 9.88. The van der Waals surface area contributed by atoms with Gasteiger partial charge in [-0.3, -0.25) is 14.3 Å². The minimum Gasteiger partial charge on any atom is -0.388 e. The highest BCUT2D eigenvalue weighted by molar-refractivity contribution is 5.76. The molecular weight excluding hydrogens is 296 g/mol. The number of rotatable bonds is 7. The Morgan fingerprint density at radius 1 is 1.39 bits per heavy atom. The van der Waals surface area contributed by atoms with Gasteiger partial charge in [-0.15, -0.1) is 0 Å². The molecule has 1 aliphatic rings. The monoisotopic (exact) mass is 322 g/mol. The summed E-state index contributed by atoms with van der Waals surface area (Å²) in [5.41, 5.74) is -0.942. The Bertz CT molecular complexity index is 517. The van der Waals surface area contributed by atoms with E-state index in [1.54, 1.807) is 18.1 Å². The molecule has 0 aliphatic carbocycles. The van der Waals surface area contributed by atoms with Crippen LogP contribution in [0.2, 0.25) is 0 Å². The van der Waals surface area contributed by atoms with E-state index in [9.17, 15) is 14.7 Å². The van der Waals surface area contributed by atoms with Crippen molar-refractivity contribution >= 4 is 11.8 Å². The number of carbonyl (C=O) groups is 2. The maximum Gasteiger partial charge on any atom is 0.222 e. The van der Waals surface area contributed by atoms with E-state index in [1.165, 1.54) is 0 Å². The predicted octanol–water partition coefficient (Wildman–Crippen LogP) is 0.543. The van der Waals surface area contributed by atoms with Gasteiger partial charge in [0.15, 0.2) is 0 Å². The molecule has 128 valence electrons. The van der Waals surface area contributed by atoms with Crippen molar-refractivity contribution in [3.63, 3.8) is 0 Å².